The first kappa shape index (κ1) is 21.5. The molecular formula is C19H27IN6S2. The van der Waals surface area contributed by atoms with Crippen molar-refractivity contribution < 1.29 is 0 Å². The Kier molecular flexibility index (Phi) is 8.12. The molecule has 0 saturated carbocycles. The van der Waals surface area contributed by atoms with E-state index in [2.05, 4.69) is 55.6 Å². The number of likely N-dealkylation sites (tertiary alicyclic amines) is 1. The number of halogens is 1. The largest absolute Gasteiger partial charge is 0.357 e. The van der Waals surface area contributed by atoms with Gasteiger partial charge in [-0.25, -0.2) is 9.98 Å². The Balaban J connectivity index is 0.00000225. The number of aliphatic imine (C=N–C) groups is 1. The molecule has 0 amide bonds. The summed E-state index contributed by atoms with van der Waals surface area (Å²) in [4.78, 5) is 14.4. The van der Waals surface area contributed by atoms with Crippen LogP contribution in [0.1, 0.15) is 36.4 Å². The van der Waals surface area contributed by atoms with Crippen LogP contribution in [0.5, 0.6) is 0 Å². The second kappa shape index (κ2) is 10.6. The first-order valence-corrected chi connectivity index (χ1v) is 11.3. The lowest BCUT2D eigenvalue weighted by Gasteiger charge is -2.27. The van der Waals surface area contributed by atoms with Crippen molar-refractivity contribution in [2.24, 2.45) is 4.99 Å². The van der Waals surface area contributed by atoms with Crippen LogP contribution in [0.15, 0.2) is 40.3 Å². The summed E-state index contributed by atoms with van der Waals surface area (Å²) in [6, 6.07) is 4.80. The van der Waals surface area contributed by atoms with E-state index in [0.29, 0.717) is 12.6 Å². The van der Waals surface area contributed by atoms with Crippen molar-refractivity contribution in [3.05, 3.63) is 45.9 Å². The molecule has 1 atom stereocenters. The van der Waals surface area contributed by atoms with Crippen LogP contribution in [0.2, 0.25) is 0 Å². The van der Waals surface area contributed by atoms with E-state index in [-0.39, 0.29) is 24.0 Å². The van der Waals surface area contributed by atoms with Gasteiger partial charge in [0.1, 0.15) is 0 Å². The zero-order valence-corrected chi connectivity index (χ0v) is 20.0. The SMILES string of the molecule is CCNC(=NCc1cn2ccsc2n1)NCC(c1cccs1)N1CCCC1.I. The van der Waals surface area contributed by atoms with E-state index in [0.717, 1.165) is 29.7 Å². The van der Waals surface area contributed by atoms with Crippen molar-refractivity contribution >= 4 is 57.6 Å². The average molecular weight is 531 g/mol. The fourth-order valence-corrected chi connectivity index (χ4v) is 5.07. The van der Waals surface area contributed by atoms with Crippen LogP contribution in [-0.4, -0.2) is 46.4 Å². The Hall–Kier alpha value is -1.17. The van der Waals surface area contributed by atoms with Crippen molar-refractivity contribution in [2.75, 3.05) is 26.2 Å². The summed E-state index contributed by atoms with van der Waals surface area (Å²) in [5.41, 5.74) is 0.994. The Morgan fingerprint density at radius 3 is 2.82 bits per heavy atom. The number of imidazole rings is 1. The topological polar surface area (TPSA) is 57.0 Å². The summed E-state index contributed by atoms with van der Waals surface area (Å²) in [6.07, 6.45) is 6.68. The number of nitrogens with one attached hydrogen (secondary N) is 2. The Bertz CT molecular complexity index is 838. The van der Waals surface area contributed by atoms with Crippen LogP contribution in [0, 0.1) is 0 Å². The van der Waals surface area contributed by atoms with Crippen molar-refractivity contribution in [1.82, 2.24) is 24.9 Å². The van der Waals surface area contributed by atoms with Crippen molar-refractivity contribution in [1.29, 1.82) is 0 Å². The Morgan fingerprint density at radius 2 is 2.11 bits per heavy atom. The van der Waals surface area contributed by atoms with E-state index >= 15 is 0 Å². The fraction of sp³-hybridized carbons (Fsp3) is 0.474. The molecule has 4 heterocycles. The minimum atomic E-state index is 0. The third kappa shape index (κ3) is 5.25. The zero-order valence-electron chi connectivity index (χ0n) is 16.0. The van der Waals surface area contributed by atoms with Gasteiger partial charge in [-0.2, -0.15) is 0 Å². The van der Waals surface area contributed by atoms with Crippen LogP contribution >= 0.6 is 46.7 Å². The van der Waals surface area contributed by atoms with Gasteiger partial charge in [-0.15, -0.1) is 46.7 Å². The maximum atomic E-state index is 4.75. The van der Waals surface area contributed by atoms with E-state index in [4.69, 9.17) is 4.99 Å². The summed E-state index contributed by atoms with van der Waals surface area (Å²) in [5.74, 6) is 0.856. The summed E-state index contributed by atoms with van der Waals surface area (Å²) in [6.45, 7) is 6.76. The van der Waals surface area contributed by atoms with Crippen LogP contribution < -0.4 is 10.6 Å². The van der Waals surface area contributed by atoms with Gasteiger partial charge in [-0.05, 0) is 44.3 Å². The lowest BCUT2D eigenvalue weighted by molar-refractivity contribution is 0.249. The molecule has 2 N–H and O–H groups in total. The van der Waals surface area contributed by atoms with Gasteiger partial charge in [0.2, 0.25) is 0 Å². The van der Waals surface area contributed by atoms with Gasteiger partial charge in [0, 0.05) is 35.7 Å². The number of thiazole rings is 1. The van der Waals surface area contributed by atoms with Crippen molar-refractivity contribution in [3.63, 3.8) is 0 Å². The number of nitrogens with zero attached hydrogens (tertiary/aromatic N) is 4. The molecule has 1 saturated heterocycles. The molecule has 0 spiro atoms. The first-order valence-electron chi connectivity index (χ1n) is 9.54. The molecule has 28 heavy (non-hydrogen) atoms. The molecule has 3 aromatic heterocycles. The minimum Gasteiger partial charge on any atom is -0.357 e. The number of thiophene rings is 1. The lowest BCUT2D eigenvalue weighted by atomic mass is 10.2. The third-order valence-electron chi connectivity index (χ3n) is 4.80. The third-order valence-corrected chi connectivity index (χ3v) is 6.55. The highest BCUT2D eigenvalue weighted by Crippen LogP contribution is 2.27. The van der Waals surface area contributed by atoms with Crippen molar-refractivity contribution in [2.45, 2.75) is 32.4 Å². The molecule has 6 nitrogen and oxygen atoms in total. The fourth-order valence-electron chi connectivity index (χ4n) is 3.49. The molecule has 4 rings (SSSR count). The molecular weight excluding hydrogens is 503 g/mol. The monoisotopic (exact) mass is 530 g/mol. The zero-order chi connectivity index (χ0) is 18.5. The van der Waals surface area contributed by atoms with Gasteiger partial charge in [-0.3, -0.25) is 9.30 Å². The molecule has 3 aromatic rings. The maximum absolute atomic E-state index is 4.75. The standard InChI is InChI=1S/C19H26N6S2.HI/c1-2-20-18(21-12-15-14-25-9-11-27-19(25)23-15)22-13-16(17-6-5-10-26-17)24-7-3-4-8-24;/h5-6,9-11,14,16H,2-4,7-8,12-13H2,1H3,(H2,20,21,22);1H. The van der Waals surface area contributed by atoms with Crippen LogP contribution in [-0.2, 0) is 6.54 Å². The Morgan fingerprint density at radius 1 is 1.25 bits per heavy atom. The highest BCUT2D eigenvalue weighted by atomic mass is 127. The quantitative estimate of drug-likeness (QED) is 0.276. The number of aromatic nitrogens is 2. The molecule has 0 radical (unpaired) electrons. The smallest absolute Gasteiger partial charge is 0.193 e. The van der Waals surface area contributed by atoms with Crippen LogP contribution in [0.25, 0.3) is 4.96 Å². The highest BCUT2D eigenvalue weighted by molar-refractivity contribution is 14.0. The van der Waals surface area contributed by atoms with E-state index in [1.165, 1.54) is 30.8 Å². The minimum absolute atomic E-state index is 0. The molecule has 0 aliphatic carbocycles. The van der Waals surface area contributed by atoms with Gasteiger partial charge in [0.05, 0.1) is 18.3 Å². The highest BCUT2D eigenvalue weighted by Gasteiger charge is 2.24. The molecule has 1 aliphatic heterocycles. The Labute approximate surface area is 191 Å². The maximum Gasteiger partial charge on any atom is 0.193 e. The van der Waals surface area contributed by atoms with Gasteiger partial charge in [0.15, 0.2) is 10.9 Å². The molecule has 1 fully saturated rings. The van der Waals surface area contributed by atoms with E-state index in [1.54, 1.807) is 11.3 Å². The normalized spacial score (nSPS) is 16.2. The van der Waals surface area contributed by atoms with Crippen LogP contribution in [0.3, 0.4) is 0 Å². The van der Waals surface area contributed by atoms with E-state index < -0.39 is 0 Å². The van der Waals surface area contributed by atoms with Gasteiger partial charge in [0.25, 0.3) is 0 Å². The molecule has 152 valence electrons. The number of fused-ring (bicyclic) bond motifs is 1. The number of hydrogen-bond donors (Lipinski definition) is 2. The summed E-state index contributed by atoms with van der Waals surface area (Å²) in [7, 11) is 0. The van der Waals surface area contributed by atoms with Crippen LogP contribution in [0.4, 0.5) is 0 Å². The average Bonchev–Trinajstić information content (AvgIpc) is 3.44. The van der Waals surface area contributed by atoms with E-state index in [1.807, 2.05) is 22.9 Å². The summed E-state index contributed by atoms with van der Waals surface area (Å²) in [5, 5.41) is 11.1. The number of hydrogen-bond acceptors (Lipinski definition) is 5. The second-order valence-corrected chi connectivity index (χ2v) is 8.53. The predicted molar refractivity (Wildman–Crippen MR) is 129 cm³/mol. The van der Waals surface area contributed by atoms with Gasteiger partial charge in [-0.1, -0.05) is 6.07 Å². The van der Waals surface area contributed by atoms with Crippen molar-refractivity contribution in [3.8, 4) is 0 Å². The summed E-state index contributed by atoms with van der Waals surface area (Å²) < 4.78 is 2.05. The number of guanidine groups is 1. The van der Waals surface area contributed by atoms with E-state index in [9.17, 15) is 0 Å². The molecule has 1 aliphatic rings. The molecule has 9 heteroatoms. The molecule has 1 unspecified atom stereocenters. The molecule has 0 aromatic carbocycles. The predicted octanol–water partition coefficient (Wildman–Crippen LogP) is 3.97. The van der Waals surface area contributed by atoms with Gasteiger partial charge >= 0.3 is 0 Å². The molecule has 0 bridgehead atoms. The van der Waals surface area contributed by atoms with Gasteiger partial charge < -0.3 is 10.6 Å². The number of rotatable bonds is 7. The first-order chi connectivity index (χ1) is 13.3. The second-order valence-electron chi connectivity index (χ2n) is 6.68. The summed E-state index contributed by atoms with van der Waals surface area (Å²) >= 11 is 3.49. The lowest BCUT2D eigenvalue weighted by Crippen LogP contribution is -2.42.